The van der Waals surface area contributed by atoms with E-state index in [2.05, 4.69) is 20.7 Å². The fourth-order valence-corrected chi connectivity index (χ4v) is 4.35. The maximum Gasteiger partial charge on any atom is 0.315 e. The van der Waals surface area contributed by atoms with Gasteiger partial charge >= 0.3 is 6.03 Å². The number of rotatable bonds is 7. The number of urea groups is 1. The summed E-state index contributed by atoms with van der Waals surface area (Å²) >= 11 is 7.40. The molecule has 0 aliphatic rings. The van der Waals surface area contributed by atoms with Crippen LogP contribution in [0.25, 0.3) is 21.1 Å². The molecule has 0 bridgehead atoms. The van der Waals surface area contributed by atoms with Crippen molar-refractivity contribution in [1.82, 2.24) is 25.4 Å². The van der Waals surface area contributed by atoms with Gasteiger partial charge in [-0.15, -0.1) is 11.3 Å². The van der Waals surface area contributed by atoms with Gasteiger partial charge in [-0.3, -0.25) is 4.79 Å². The number of halogens is 1. The molecule has 0 aliphatic carbocycles. The number of carbonyl (C=O) groups excluding carboxylic acids is 1. The molecule has 7 nitrogen and oxygen atoms in total. The van der Waals surface area contributed by atoms with Crippen molar-refractivity contribution in [3.05, 3.63) is 93.4 Å². The molecule has 2 amide bonds. The number of aromatic nitrogens is 3. The minimum absolute atomic E-state index is 0.229. The summed E-state index contributed by atoms with van der Waals surface area (Å²) in [5, 5.41) is 11.6. The van der Waals surface area contributed by atoms with Gasteiger partial charge in [0.1, 0.15) is 10.7 Å². The molecule has 2 aromatic carbocycles. The van der Waals surface area contributed by atoms with E-state index in [-0.39, 0.29) is 24.7 Å². The number of hydrogen-bond acceptors (Lipinski definition) is 5. The van der Waals surface area contributed by atoms with Gasteiger partial charge in [-0.1, -0.05) is 54.1 Å². The Morgan fingerprint density at radius 1 is 1.03 bits per heavy atom. The fraction of sp³-hybridized carbons (Fsp3) is 0.167. The Kier molecular flexibility index (Phi) is 7.16. The number of hydrogen-bond donors (Lipinski definition) is 2. The van der Waals surface area contributed by atoms with Gasteiger partial charge in [0, 0.05) is 29.7 Å². The largest absolute Gasteiger partial charge is 0.336 e. The Labute approximate surface area is 200 Å². The third kappa shape index (κ3) is 5.85. The third-order valence-corrected chi connectivity index (χ3v) is 6.37. The van der Waals surface area contributed by atoms with E-state index in [1.165, 1.54) is 22.1 Å². The Hall–Kier alpha value is -3.49. The van der Waals surface area contributed by atoms with E-state index in [1.807, 2.05) is 49.4 Å². The van der Waals surface area contributed by atoms with Crippen molar-refractivity contribution in [3.63, 3.8) is 0 Å². The average molecular weight is 480 g/mol. The molecular weight excluding hydrogens is 458 g/mol. The van der Waals surface area contributed by atoms with Crippen LogP contribution in [0.5, 0.6) is 0 Å². The predicted molar refractivity (Wildman–Crippen MR) is 131 cm³/mol. The van der Waals surface area contributed by atoms with Gasteiger partial charge in [0.2, 0.25) is 0 Å². The number of carbonyl (C=O) groups is 1. The summed E-state index contributed by atoms with van der Waals surface area (Å²) in [5.74, 6) is 0. The van der Waals surface area contributed by atoms with Crippen LogP contribution in [0.4, 0.5) is 4.79 Å². The molecule has 0 saturated heterocycles. The maximum absolute atomic E-state index is 12.3. The molecule has 168 valence electrons. The quantitative estimate of drug-likeness (QED) is 0.408. The van der Waals surface area contributed by atoms with Gasteiger partial charge < -0.3 is 10.6 Å². The monoisotopic (exact) mass is 479 g/mol. The van der Waals surface area contributed by atoms with Gasteiger partial charge in [0.05, 0.1) is 17.1 Å². The summed E-state index contributed by atoms with van der Waals surface area (Å²) in [6, 6.07) is 20.1. The Balaban J connectivity index is 1.38. The predicted octanol–water partition coefficient (Wildman–Crippen LogP) is 4.50. The molecule has 0 fully saturated rings. The highest BCUT2D eigenvalue weighted by Gasteiger charge is 2.13. The minimum atomic E-state index is -0.319. The molecule has 33 heavy (non-hydrogen) atoms. The van der Waals surface area contributed by atoms with Crippen LogP contribution in [0.3, 0.4) is 0 Å². The highest BCUT2D eigenvalue weighted by Crippen LogP contribution is 2.33. The van der Waals surface area contributed by atoms with E-state index in [9.17, 15) is 9.59 Å². The van der Waals surface area contributed by atoms with E-state index < -0.39 is 0 Å². The van der Waals surface area contributed by atoms with Crippen LogP contribution < -0.4 is 16.2 Å². The molecule has 0 aliphatic heterocycles. The molecule has 0 radical (unpaired) electrons. The molecule has 9 heteroatoms. The first-order valence-electron chi connectivity index (χ1n) is 10.4. The molecule has 2 heterocycles. The van der Waals surface area contributed by atoms with Crippen molar-refractivity contribution in [2.24, 2.45) is 0 Å². The van der Waals surface area contributed by atoms with E-state index >= 15 is 0 Å². The Morgan fingerprint density at radius 2 is 1.79 bits per heavy atom. The number of nitrogens with zero attached hydrogens (tertiary/aromatic N) is 3. The molecule has 0 spiro atoms. The third-order valence-electron chi connectivity index (χ3n) is 4.89. The first-order valence-corrected chi connectivity index (χ1v) is 11.6. The maximum atomic E-state index is 12.3. The molecule has 2 N–H and O–H groups in total. The Morgan fingerprint density at radius 3 is 2.55 bits per heavy atom. The molecule has 0 unspecified atom stereocenters. The molecule has 4 rings (SSSR count). The summed E-state index contributed by atoms with van der Waals surface area (Å²) in [6.07, 6.45) is 0. The van der Waals surface area contributed by atoms with Gasteiger partial charge in [-0.2, -0.15) is 5.10 Å². The zero-order valence-corrected chi connectivity index (χ0v) is 19.5. The lowest BCUT2D eigenvalue weighted by Crippen LogP contribution is -2.38. The van der Waals surface area contributed by atoms with Crippen molar-refractivity contribution in [2.45, 2.75) is 20.0 Å². The summed E-state index contributed by atoms with van der Waals surface area (Å²) in [5.41, 5.74) is 3.29. The van der Waals surface area contributed by atoms with Crippen LogP contribution in [-0.4, -0.2) is 27.3 Å². The van der Waals surface area contributed by atoms with Crippen molar-refractivity contribution in [2.75, 3.05) is 6.54 Å². The van der Waals surface area contributed by atoms with Crippen LogP contribution in [0.15, 0.2) is 71.5 Å². The van der Waals surface area contributed by atoms with Crippen molar-refractivity contribution >= 4 is 29.0 Å². The van der Waals surface area contributed by atoms with E-state index in [4.69, 9.17) is 11.6 Å². The molecule has 2 aromatic heterocycles. The topological polar surface area (TPSA) is 88.9 Å². The number of nitrogens with one attached hydrogen (secondary N) is 2. The lowest BCUT2D eigenvalue weighted by Gasteiger charge is -2.09. The van der Waals surface area contributed by atoms with E-state index in [0.29, 0.717) is 17.3 Å². The number of aryl methyl sites for hydroxylation is 1. The van der Waals surface area contributed by atoms with E-state index in [1.54, 1.807) is 18.2 Å². The average Bonchev–Trinajstić information content (AvgIpc) is 3.22. The van der Waals surface area contributed by atoms with Gasteiger partial charge in [-0.25, -0.2) is 14.5 Å². The normalized spacial score (nSPS) is 10.7. The first kappa shape index (κ1) is 22.7. The first-order chi connectivity index (χ1) is 16.0. The van der Waals surface area contributed by atoms with Crippen LogP contribution in [-0.2, 0) is 13.1 Å². The molecular formula is C24H22ClN5O2S. The van der Waals surface area contributed by atoms with Crippen molar-refractivity contribution in [3.8, 4) is 21.1 Å². The number of amides is 2. The SMILES string of the molecule is Cc1nc(-c2ccccc2)sc1-c1ccc(=O)n(CCNC(=O)NCc2ccc(Cl)cc2)n1. The summed E-state index contributed by atoms with van der Waals surface area (Å²) in [4.78, 5) is 29.9. The summed E-state index contributed by atoms with van der Waals surface area (Å²) < 4.78 is 1.36. The van der Waals surface area contributed by atoms with Crippen LogP contribution in [0.1, 0.15) is 11.3 Å². The van der Waals surface area contributed by atoms with Crippen LogP contribution in [0.2, 0.25) is 5.02 Å². The van der Waals surface area contributed by atoms with Gasteiger partial charge in [0.15, 0.2) is 0 Å². The van der Waals surface area contributed by atoms with Crippen molar-refractivity contribution in [1.29, 1.82) is 0 Å². The summed E-state index contributed by atoms with van der Waals surface area (Å²) in [7, 11) is 0. The smallest absolute Gasteiger partial charge is 0.315 e. The Bertz CT molecular complexity index is 1300. The zero-order chi connectivity index (χ0) is 23.2. The highest BCUT2D eigenvalue weighted by atomic mass is 35.5. The van der Waals surface area contributed by atoms with Crippen LogP contribution in [0, 0.1) is 6.92 Å². The second-order valence-corrected chi connectivity index (χ2v) is 8.75. The van der Waals surface area contributed by atoms with Gasteiger partial charge in [-0.05, 0) is 30.7 Å². The van der Waals surface area contributed by atoms with Gasteiger partial charge in [0.25, 0.3) is 5.56 Å². The zero-order valence-electron chi connectivity index (χ0n) is 17.9. The number of benzene rings is 2. The summed E-state index contributed by atoms with van der Waals surface area (Å²) in [6.45, 7) is 2.83. The molecule has 0 atom stereocenters. The van der Waals surface area contributed by atoms with Crippen LogP contribution >= 0.6 is 22.9 Å². The van der Waals surface area contributed by atoms with E-state index in [0.717, 1.165) is 26.7 Å². The lowest BCUT2D eigenvalue weighted by atomic mass is 10.2. The highest BCUT2D eigenvalue weighted by molar-refractivity contribution is 7.18. The minimum Gasteiger partial charge on any atom is -0.336 e. The number of thiazole rings is 1. The second-order valence-electron chi connectivity index (χ2n) is 7.32. The fourth-order valence-electron chi connectivity index (χ4n) is 3.19. The standard InChI is InChI=1S/C24H22ClN5O2S/c1-16-22(33-23(28-16)18-5-3-2-4-6-18)20-11-12-21(31)30(29-20)14-13-26-24(32)27-15-17-7-9-19(25)10-8-17/h2-12H,13-15H2,1H3,(H2,26,27,32). The second kappa shape index (κ2) is 10.4. The molecule has 4 aromatic rings. The molecule has 0 saturated carbocycles. The van der Waals surface area contributed by atoms with Crippen molar-refractivity contribution < 1.29 is 4.79 Å². The lowest BCUT2D eigenvalue weighted by molar-refractivity contribution is 0.240.